The highest BCUT2D eigenvalue weighted by Crippen LogP contribution is 2.25. The molecule has 2 aromatic heterocycles. The normalized spacial score (nSPS) is 18.8. The molecule has 0 N–H and O–H groups in total. The van der Waals surface area contributed by atoms with E-state index >= 15 is 0 Å². The lowest BCUT2D eigenvalue weighted by atomic mass is 10.1. The molecule has 1 atom stereocenters. The van der Waals surface area contributed by atoms with Crippen LogP contribution in [0.4, 0.5) is 0 Å². The minimum absolute atomic E-state index is 0.101. The smallest absolute Gasteiger partial charge is 0.254 e. The quantitative estimate of drug-likeness (QED) is 0.861. The number of hydrogen-bond donors (Lipinski definition) is 0. The molecule has 0 saturated carbocycles. The third-order valence-electron chi connectivity index (χ3n) is 4.86. The summed E-state index contributed by atoms with van der Waals surface area (Å²) in [4.78, 5) is 26.0. The Morgan fingerprint density at radius 2 is 2.12 bits per heavy atom. The third-order valence-corrected chi connectivity index (χ3v) is 4.86. The number of nitrogens with zero attached hydrogens (tertiary/aromatic N) is 5. The van der Waals surface area contributed by atoms with Crippen LogP contribution in [0.25, 0.3) is 0 Å². The van der Waals surface area contributed by atoms with E-state index in [1.807, 2.05) is 35.0 Å². The molecule has 3 heterocycles. The summed E-state index contributed by atoms with van der Waals surface area (Å²) in [6.45, 7) is 7.45. The highest BCUT2D eigenvalue weighted by Gasteiger charge is 2.32. The van der Waals surface area contributed by atoms with Crippen LogP contribution in [-0.4, -0.2) is 56.4 Å². The summed E-state index contributed by atoms with van der Waals surface area (Å²) in [6.07, 6.45) is 8.09. The molecule has 0 bridgehead atoms. The van der Waals surface area contributed by atoms with Crippen molar-refractivity contribution in [1.82, 2.24) is 24.3 Å². The molecule has 24 heavy (non-hydrogen) atoms. The molecule has 0 spiro atoms. The second kappa shape index (κ2) is 7.13. The topological polar surface area (TPSA) is 54.3 Å². The highest BCUT2D eigenvalue weighted by molar-refractivity contribution is 5.95. The molecule has 1 amide bonds. The van der Waals surface area contributed by atoms with Crippen LogP contribution in [0.15, 0.2) is 30.9 Å². The van der Waals surface area contributed by atoms with Gasteiger partial charge in [-0.1, -0.05) is 13.8 Å². The molecule has 0 aliphatic carbocycles. The first-order valence-corrected chi connectivity index (χ1v) is 8.59. The van der Waals surface area contributed by atoms with E-state index in [0.29, 0.717) is 6.54 Å². The van der Waals surface area contributed by atoms with Crippen molar-refractivity contribution in [1.29, 1.82) is 0 Å². The Balaban J connectivity index is 1.85. The molecule has 1 aliphatic rings. The van der Waals surface area contributed by atoms with Crippen molar-refractivity contribution in [3.63, 3.8) is 0 Å². The zero-order valence-corrected chi connectivity index (χ0v) is 14.6. The van der Waals surface area contributed by atoms with E-state index in [2.05, 4.69) is 28.7 Å². The molecule has 0 unspecified atom stereocenters. The molecular formula is C18H25N5O. The molecule has 3 rings (SSSR count). The predicted molar refractivity (Wildman–Crippen MR) is 92.7 cm³/mol. The molecule has 1 saturated heterocycles. The maximum Gasteiger partial charge on any atom is 0.254 e. The van der Waals surface area contributed by atoms with Gasteiger partial charge >= 0.3 is 0 Å². The van der Waals surface area contributed by atoms with Gasteiger partial charge in [-0.05, 0) is 24.6 Å². The largest absolute Gasteiger partial charge is 0.337 e. The van der Waals surface area contributed by atoms with Crippen LogP contribution in [0.2, 0.25) is 0 Å². The van der Waals surface area contributed by atoms with E-state index in [0.717, 1.165) is 43.0 Å². The van der Waals surface area contributed by atoms with Crippen LogP contribution in [-0.2, 0) is 13.5 Å². The Hall–Kier alpha value is -2.21. The van der Waals surface area contributed by atoms with Crippen LogP contribution in [0.1, 0.15) is 41.6 Å². The molecule has 1 aliphatic heterocycles. The molecule has 6 nitrogen and oxygen atoms in total. The number of aryl methyl sites for hydroxylation is 2. The van der Waals surface area contributed by atoms with E-state index < -0.39 is 0 Å². The number of hydrogen-bond acceptors (Lipinski definition) is 4. The number of pyridine rings is 1. The molecule has 128 valence electrons. The van der Waals surface area contributed by atoms with Crippen molar-refractivity contribution >= 4 is 5.91 Å². The van der Waals surface area contributed by atoms with E-state index in [4.69, 9.17) is 0 Å². The van der Waals surface area contributed by atoms with Crippen LogP contribution in [0.5, 0.6) is 0 Å². The fourth-order valence-corrected chi connectivity index (χ4v) is 3.41. The Kier molecular flexibility index (Phi) is 4.94. The van der Waals surface area contributed by atoms with Gasteiger partial charge in [-0.25, -0.2) is 4.98 Å². The van der Waals surface area contributed by atoms with Gasteiger partial charge in [0.1, 0.15) is 5.82 Å². The molecule has 2 aromatic rings. The van der Waals surface area contributed by atoms with E-state index in [9.17, 15) is 4.79 Å². The lowest BCUT2D eigenvalue weighted by Gasteiger charge is -2.40. The second-order valence-corrected chi connectivity index (χ2v) is 6.18. The minimum atomic E-state index is 0.101. The summed E-state index contributed by atoms with van der Waals surface area (Å²) in [7, 11) is 2.01. The van der Waals surface area contributed by atoms with Crippen LogP contribution < -0.4 is 0 Å². The fourth-order valence-electron chi connectivity index (χ4n) is 3.41. The summed E-state index contributed by atoms with van der Waals surface area (Å²) in [5, 5.41) is 0. The lowest BCUT2D eigenvalue weighted by Crippen LogP contribution is -2.51. The molecule has 1 fully saturated rings. The Morgan fingerprint density at radius 1 is 1.29 bits per heavy atom. The summed E-state index contributed by atoms with van der Waals surface area (Å²) < 4.78 is 2.05. The summed E-state index contributed by atoms with van der Waals surface area (Å²) >= 11 is 0. The summed E-state index contributed by atoms with van der Waals surface area (Å²) in [5.74, 6) is 1.11. The number of aromatic nitrogens is 3. The first kappa shape index (κ1) is 16.6. The van der Waals surface area contributed by atoms with Gasteiger partial charge in [-0.2, -0.15) is 0 Å². The number of carbonyl (C=O) groups excluding carboxylic acids is 1. The average Bonchev–Trinajstić information content (AvgIpc) is 3.06. The van der Waals surface area contributed by atoms with E-state index in [-0.39, 0.29) is 11.9 Å². The van der Waals surface area contributed by atoms with Gasteiger partial charge in [0, 0.05) is 57.0 Å². The number of likely N-dealkylation sites (N-methyl/N-ethyl adjacent to an activating group) is 1. The molecule has 6 heteroatoms. The average molecular weight is 327 g/mol. The molecule has 0 radical (unpaired) electrons. The fraction of sp³-hybridized carbons (Fsp3) is 0.500. The summed E-state index contributed by atoms with van der Waals surface area (Å²) in [6, 6.07) is 1.97. The first-order chi connectivity index (χ1) is 11.7. The maximum atomic E-state index is 13.0. The van der Waals surface area contributed by atoms with Crippen LogP contribution >= 0.6 is 0 Å². The summed E-state index contributed by atoms with van der Waals surface area (Å²) in [5.41, 5.74) is 1.78. The SMILES string of the molecule is CCc1cnccc1C(=O)N1CCN(CC)[C@@H](c2nccn2C)C1. The van der Waals surface area contributed by atoms with Gasteiger partial charge in [-0.15, -0.1) is 0 Å². The van der Waals surface area contributed by atoms with Crippen LogP contribution in [0.3, 0.4) is 0 Å². The van der Waals surface area contributed by atoms with Gasteiger partial charge < -0.3 is 9.47 Å². The predicted octanol–water partition coefficient (Wildman–Crippen LogP) is 1.90. The van der Waals surface area contributed by atoms with Crippen LogP contribution in [0, 0.1) is 0 Å². The third kappa shape index (κ3) is 3.06. The van der Waals surface area contributed by atoms with E-state index in [1.54, 1.807) is 12.4 Å². The van der Waals surface area contributed by atoms with Gasteiger partial charge in [0.2, 0.25) is 0 Å². The lowest BCUT2D eigenvalue weighted by molar-refractivity contribution is 0.0472. The van der Waals surface area contributed by atoms with Gasteiger partial charge in [0.25, 0.3) is 5.91 Å². The minimum Gasteiger partial charge on any atom is -0.337 e. The van der Waals surface area contributed by atoms with Gasteiger partial charge in [-0.3, -0.25) is 14.7 Å². The Labute approximate surface area is 143 Å². The molecule has 0 aromatic carbocycles. The number of imidazole rings is 1. The maximum absolute atomic E-state index is 13.0. The van der Waals surface area contributed by atoms with Crippen molar-refractivity contribution in [2.24, 2.45) is 7.05 Å². The zero-order chi connectivity index (χ0) is 17.1. The van der Waals surface area contributed by atoms with Crippen molar-refractivity contribution < 1.29 is 4.79 Å². The Morgan fingerprint density at radius 3 is 2.79 bits per heavy atom. The first-order valence-electron chi connectivity index (χ1n) is 8.59. The van der Waals surface area contributed by atoms with Gasteiger partial charge in [0.15, 0.2) is 0 Å². The number of amides is 1. The molecular weight excluding hydrogens is 302 g/mol. The second-order valence-electron chi connectivity index (χ2n) is 6.18. The Bertz CT molecular complexity index is 711. The monoisotopic (exact) mass is 327 g/mol. The number of rotatable bonds is 4. The van der Waals surface area contributed by atoms with Gasteiger partial charge in [0.05, 0.1) is 6.04 Å². The standard InChI is InChI=1S/C18H25N5O/c1-4-14-12-19-7-6-15(14)18(24)23-11-10-22(5-2)16(13-23)17-20-8-9-21(17)3/h6-9,12,16H,4-5,10-11,13H2,1-3H3/t16-/m1/s1. The number of carbonyl (C=O) groups is 1. The van der Waals surface area contributed by atoms with Crippen molar-refractivity contribution in [2.75, 3.05) is 26.2 Å². The zero-order valence-electron chi connectivity index (χ0n) is 14.6. The van der Waals surface area contributed by atoms with Crippen molar-refractivity contribution in [2.45, 2.75) is 26.3 Å². The van der Waals surface area contributed by atoms with E-state index in [1.165, 1.54) is 0 Å². The highest BCUT2D eigenvalue weighted by atomic mass is 16.2. The van der Waals surface area contributed by atoms with Crippen molar-refractivity contribution in [3.05, 3.63) is 47.8 Å². The van der Waals surface area contributed by atoms with Crippen molar-refractivity contribution in [3.8, 4) is 0 Å². The number of piperazine rings is 1.